The van der Waals surface area contributed by atoms with Crippen molar-refractivity contribution in [1.29, 1.82) is 0 Å². The van der Waals surface area contributed by atoms with Crippen molar-refractivity contribution in [3.05, 3.63) is 90.0 Å². The minimum absolute atomic E-state index is 0.296. The summed E-state index contributed by atoms with van der Waals surface area (Å²) in [5.41, 5.74) is 5.84. The second-order valence-electron chi connectivity index (χ2n) is 7.98. The lowest BCUT2D eigenvalue weighted by Crippen LogP contribution is -2.13. The second kappa shape index (κ2) is 7.25. The molecule has 0 amide bonds. The number of hydrogen-bond acceptors (Lipinski definition) is 1. The first kappa shape index (κ1) is 17.7. The van der Waals surface area contributed by atoms with E-state index in [1.807, 2.05) is 30.3 Å². The highest BCUT2D eigenvalue weighted by Gasteiger charge is 2.19. The molecule has 1 aliphatic rings. The summed E-state index contributed by atoms with van der Waals surface area (Å²) in [5, 5.41) is 10.6. The maximum Gasteiger partial charge on any atom is 0.335 e. The predicted molar refractivity (Wildman–Crippen MR) is 117 cm³/mol. The van der Waals surface area contributed by atoms with Crippen LogP contribution in [0.2, 0.25) is 0 Å². The zero-order valence-electron chi connectivity index (χ0n) is 16.2. The van der Waals surface area contributed by atoms with Gasteiger partial charge in [-0.3, -0.25) is 0 Å². The first-order valence-electron chi connectivity index (χ1n) is 10.2. The molecule has 1 fully saturated rings. The SMILES string of the molecule is O=C(O)c1cccc(-n2c(-c3ccccc3)cc3cc(CC4CCC4)ccc32)c1. The number of aromatic nitrogens is 1. The predicted octanol–water partition coefficient (Wildman–Crippen LogP) is 6.34. The number of nitrogens with zero attached hydrogens (tertiary/aromatic N) is 1. The lowest BCUT2D eigenvalue weighted by atomic mass is 9.81. The molecule has 0 aliphatic heterocycles. The molecule has 0 radical (unpaired) electrons. The van der Waals surface area contributed by atoms with Gasteiger partial charge in [-0.1, -0.05) is 61.7 Å². The van der Waals surface area contributed by atoms with Crippen molar-refractivity contribution in [1.82, 2.24) is 4.57 Å². The number of benzene rings is 3. The third-order valence-corrected chi connectivity index (χ3v) is 6.04. The van der Waals surface area contributed by atoms with Crippen LogP contribution in [-0.4, -0.2) is 15.6 Å². The van der Waals surface area contributed by atoms with Gasteiger partial charge in [0.05, 0.1) is 16.8 Å². The van der Waals surface area contributed by atoms with Gasteiger partial charge in [-0.25, -0.2) is 4.79 Å². The first-order chi connectivity index (χ1) is 14.2. The van der Waals surface area contributed by atoms with Crippen LogP contribution < -0.4 is 0 Å². The minimum atomic E-state index is -0.910. The molecule has 1 heterocycles. The molecular formula is C26H23NO2. The number of hydrogen-bond donors (Lipinski definition) is 1. The van der Waals surface area contributed by atoms with Gasteiger partial charge in [0.2, 0.25) is 0 Å². The molecule has 0 unspecified atom stereocenters. The highest BCUT2D eigenvalue weighted by atomic mass is 16.4. The van der Waals surface area contributed by atoms with Gasteiger partial charge in [0, 0.05) is 11.1 Å². The van der Waals surface area contributed by atoms with Gasteiger partial charge in [0.1, 0.15) is 0 Å². The largest absolute Gasteiger partial charge is 0.478 e. The number of carboxylic acids is 1. The third-order valence-electron chi connectivity index (χ3n) is 6.04. The van der Waals surface area contributed by atoms with Crippen molar-refractivity contribution in [2.24, 2.45) is 5.92 Å². The van der Waals surface area contributed by atoms with Crippen molar-refractivity contribution in [3.63, 3.8) is 0 Å². The van der Waals surface area contributed by atoms with Crippen molar-refractivity contribution in [2.75, 3.05) is 0 Å². The van der Waals surface area contributed by atoms with Gasteiger partial charge < -0.3 is 9.67 Å². The molecule has 0 atom stereocenters. The third kappa shape index (κ3) is 3.33. The van der Waals surface area contributed by atoms with Crippen LogP contribution >= 0.6 is 0 Å². The summed E-state index contributed by atoms with van der Waals surface area (Å²) in [7, 11) is 0. The molecule has 1 N–H and O–H groups in total. The molecule has 1 aromatic heterocycles. The Balaban J connectivity index is 1.69. The summed E-state index contributed by atoms with van der Waals surface area (Å²) >= 11 is 0. The average molecular weight is 381 g/mol. The molecule has 3 aromatic carbocycles. The van der Waals surface area contributed by atoms with Crippen molar-refractivity contribution in [2.45, 2.75) is 25.7 Å². The summed E-state index contributed by atoms with van der Waals surface area (Å²) in [6.07, 6.45) is 5.20. The van der Waals surface area contributed by atoms with Gasteiger partial charge in [0.15, 0.2) is 0 Å². The van der Waals surface area contributed by atoms with E-state index in [4.69, 9.17) is 0 Å². The van der Waals surface area contributed by atoms with Crippen LogP contribution in [0.5, 0.6) is 0 Å². The molecule has 29 heavy (non-hydrogen) atoms. The van der Waals surface area contributed by atoms with E-state index in [1.165, 1.54) is 30.2 Å². The van der Waals surface area contributed by atoms with Crippen LogP contribution in [0, 0.1) is 5.92 Å². The Labute approximate surface area is 170 Å². The Morgan fingerprint density at radius 2 is 1.76 bits per heavy atom. The van der Waals surface area contributed by atoms with Gasteiger partial charge in [-0.05, 0) is 59.9 Å². The number of rotatable bonds is 5. The van der Waals surface area contributed by atoms with E-state index >= 15 is 0 Å². The van der Waals surface area contributed by atoms with Gasteiger partial charge in [-0.15, -0.1) is 0 Å². The first-order valence-corrected chi connectivity index (χ1v) is 10.2. The fourth-order valence-electron chi connectivity index (χ4n) is 4.30. The molecule has 144 valence electrons. The zero-order valence-corrected chi connectivity index (χ0v) is 16.2. The molecule has 1 aliphatic carbocycles. The summed E-state index contributed by atoms with van der Waals surface area (Å²) < 4.78 is 2.17. The van der Waals surface area contributed by atoms with Crippen LogP contribution in [0.25, 0.3) is 27.8 Å². The quantitative estimate of drug-likeness (QED) is 0.438. The average Bonchev–Trinajstić information content (AvgIpc) is 3.10. The standard InChI is InChI=1S/C26H23NO2/c28-26(29)21-10-5-11-23(16-21)27-24-13-12-19(14-18-6-4-7-18)15-22(24)17-25(27)20-8-2-1-3-9-20/h1-3,5,8-13,15-18H,4,6-7,14H2,(H,28,29). The highest BCUT2D eigenvalue weighted by Crippen LogP contribution is 2.34. The van der Waals surface area contributed by atoms with Gasteiger partial charge in [-0.2, -0.15) is 0 Å². The second-order valence-corrected chi connectivity index (χ2v) is 7.98. The highest BCUT2D eigenvalue weighted by molar-refractivity contribution is 5.91. The molecule has 4 aromatic rings. The van der Waals surface area contributed by atoms with E-state index in [0.717, 1.165) is 34.8 Å². The molecule has 3 heteroatoms. The summed E-state index contributed by atoms with van der Waals surface area (Å²) in [5.74, 6) is -0.0808. The monoisotopic (exact) mass is 381 g/mol. The van der Waals surface area contributed by atoms with Crippen molar-refractivity contribution in [3.8, 4) is 16.9 Å². The lowest BCUT2D eigenvalue weighted by molar-refractivity contribution is 0.0697. The molecule has 1 saturated carbocycles. The lowest BCUT2D eigenvalue weighted by Gasteiger charge is -2.25. The van der Waals surface area contributed by atoms with Gasteiger partial charge >= 0.3 is 5.97 Å². The van der Waals surface area contributed by atoms with E-state index in [2.05, 4.69) is 41.0 Å². The van der Waals surface area contributed by atoms with E-state index in [0.29, 0.717) is 5.56 Å². The summed E-state index contributed by atoms with van der Waals surface area (Å²) in [4.78, 5) is 11.5. The molecule has 5 rings (SSSR count). The van der Waals surface area contributed by atoms with E-state index < -0.39 is 5.97 Å². The van der Waals surface area contributed by atoms with Crippen molar-refractivity contribution >= 4 is 16.9 Å². The van der Waals surface area contributed by atoms with Crippen molar-refractivity contribution < 1.29 is 9.90 Å². The Hall–Kier alpha value is -3.33. The van der Waals surface area contributed by atoms with Crippen LogP contribution in [0.4, 0.5) is 0 Å². The van der Waals surface area contributed by atoms with Crippen LogP contribution in [0.3, 0.4) is 0 Å². The number of carbonyl (C=O) groups is 1. The molecule has 0 saturated heterocycles. The maximum atomic E-state index is 11.5. The number of fused-ring (bicyclic) bond motifs is 1. The smallest absolute Gasteiger partial charge is 0.335 e. The summed E-state index contributed by atoms with van der Waals surface area (Å²) in [6.45, 7) is 0. The van der Waals surface area contributed by atoms with E-state index in [1.54, 1.807) is 12.1 Å². The maximum absolute atomic E-state index is 11.5. The normalized spacial score (nSPS) is 14.1. The molecule has 0 bridgehead atoms. The number of carboxylic acid groups (broad SMARTS) is 1. The van der Waals surface area contributed by atoms with E-state index in [-0.39, 0.29) is 0 Å². The fraction of sp³-hybridized carbons (Fsp3) is 0.192. The van der Waals surface area contributed by atoms with Crippen LogP contribution in [-0.2, 0) is 6.42 Å². The zero-order chi connectivity index (χ0) is 19.8. The Bertz CT molecular complexity index is 1190. The van der Waals surface area contributed by atoms with E-state index in [9.17, 15) is 9.90 Å². The Kier molecular flexibility index (Phi) is 4.44. The fourth-order valence-corrected chi connectivity index (χ4v) is 4.30. The Morgan fingerprint density at radius 1 is 0.931 bits per heavy atom. The topological polar surface area (TPSA) is 42.2 Å². The summed E-state index contributed by atoms with van der Waals surface area (Å²) in [6, 6.07) is 26.4. The molecule has 3 nitrogen and oxygen atoms in total. The molecular weight excluding hydrogens is 358 g/mol. The van der Waals surface area contributed by atoms with Gasteiger partial charge in [0.25, 0.3) is 0 Å². The van der Waals surface area contributed by atoms with Crippen LogP contribution in [0.1, 0.15) is 35.2 Å². The number of aromatic carboxylic acids is 1. The Morgan fingerprint density at radius 3 is 2.48 bits per heavy atom. The minimum Gasteiger partial charge on any atom is -0.478 e. The van der Waals surface area contributed by atoms with Crippen LogP contribution in [0.15, 0.2) is 78.9 Å². The molecule has 0 spiro atoms.